The van der Waals surface area contributed by atoms with Crippen molar-refractivity contribution in [3.63, 3.8) is 0 Å². The zero-order valence-electron chi connectivity index (χ0n) is 60.9. The number of fused-ring (bicyclic) bond motifs is 19. The molecule has 0 saturated carbocycles. The fourth-order valence-electron chi connectivity index (χ4n) is 19.9. The number of nitrogens with zero attached hydrogens (tertiary/aromatic N) is 2. The van der Waals surface area contributed by atoms with E-state index in [9.17, 15) is 10.5 Å². The maximum Gasteiger partial charge on any atom is 0.0991 e. The molecule has 0 N–H and O–H groups in total. The summed E-state index contributed by atoms with van der Waals surface area (Å²) in [6, 6.07) is 84.6. The number of hydrogen-bond donors (Lipinski definition) is 0. The second kappa shape index (κ2) is 24.2. The van der Waals surface area contributed by atoms with Crippen molar-refractivity contribution in [2.75, 3.05) is 0 Å². The molecule has 498 valence electrons. The number of benzene rings is 12. The van der Waals surface area contributed by atoms with Gasteiger partial charge in [-0.25, -0.2) is 0 Å². The zero-order chi connectivity index (χ0) is 69.5. The van der Waals surface area contributed by atoms with Crippen LogP contribution in [0.4, 0.5) is 0 Å². The van der Waals surface area contributed by atoms with Crippen molar-refractivity contribution in [2.45, 2.75) is 186 Å². The van der Waals surface area contributed by atoms with Crippen LogP contribution in [0.3, 0.4) is 0 Å². The topological polar surface area (TPSA) is 47.6 Å². The fraction of sp³-hybridized carbons (Fsp3) is 0.293. The molecule has 0 atom stereocenters. The van der Waals surface area contributed by atoms with Gasteiger partial charge in [-0.15, -0.1) is 0 Å². The first kappa shape index (κ1) is 64.5. The maximum atomic E-state index is 9.81. The van der Waals surface area contributed by atoms with Gasteiger partial charge in [0.15, 0.2) is 0 Å². The van der Waals surface area contributed by atoms with Gasteiger partial charge in [-0.3, -0.25) is 0 Å². The van der Waals surface area contributed by atoms with E-state index >= 15 is 0 Å². The predicted octanol–water partition coefficient (Wildman–Crippen LogP) is 27.4. The standard InChI is InChI=1S/C99H92N2/c1-11-13-15-17-19-25-47-99(48-26-20-18-16-14-12-2)89-57-81-87(97(7,8)91-53-77(69-27-21-23-29-75(69)93(81)91)65-37-33-63(34-38-65)67-41-45-73-71-43-31-61(59-100)49-83(71)95(3,4)85(73)51-67)55-79(89)80-56-88-82(58-90(80)99)94-76-30-24-22-28-70(76)78(54-92(94)98(88,9)10)66-39-35-64(36-40-66)68-42-46-74-72-44-32-62(60-101)50-84(72)96(5,6)86(74)52-68/h21-24,27-46,49-58H,11-20,25-26,47-48H2,1-10H3. The van der Waals surface area contributed by atoms with E-state index in [4.69, 9.17) is 0 Å². The van der Waals surface area contributed by atoms with Crippen LogP contribution in [0.1, 0.15) is 226 Å². The zero-order valence-corrected chi connectivity index (χ0v) is 60.9. The van der Waals surface area contributed by atoms with Gasteiger partial charge in [-0.2, -0.15) is 10.5 Å². The van der Waals surface area contributed by atoms with Gasteiger partial charge >= 0.3 is 0 Å². The second-order valence-electron chi connectivity index (χ2n) is 32.7. The minimum Gasteiger partial charge on any atom is -0.192 e. The lowest BCUT2D eigenvalue weighted by atomic mass is 9.69. The first-order valence-corrected chi connectivity index (χ1v) is 38.0. The van der Waals surface area contributed by atoms with E-state index < -0.39 is 0 Å². The summed E-state index contributed by atoms with van der Waals surface area (Å²) in [6.45, 7) is 23.9. The molecular formula is C99H92N2. The summed E-state index contributed by atoms with van der Waals surface area (Å²) in [5.74, 6) is 0. The average molecular weight is 1310 g/mol. The Morgan fingerprint density at radius 3 is 0.931 bits per heavy atom. The Morgan fingerprint density at radius 1 is 0.248 bits per heavy atom. The highest BCUT2D eigenvalue weighted by Crippen LogP contribution is 2.64. The van der Waals surface area contributed by atoms with E-state index in [1.165, 1.54) is 243 Å². The third kappa shape index (κ3) is 9.89. The Morgan fingerprint density at radius 2 is 0.545 bits per heavy atom. The molecule has 5 aliphatic carbocycles. The van der Waals surface area contributed by atoms with Crippen LogP contribution >= 0.6 is 0 Å². The highest BCUT2D eigenvalue weighted by molar-refractivity contribution is 6.12. The average Bonchev–Trinajstić information content (AvgIpc) is 1.51. The molecule has 101 heavy (non-hydrogen) atoms. The molecule has 2 heteroatoms. The van der Waals surface area contributed by atoms with E-state index in [0.717, 1.165) is 12.8 Å². The summed E-state index contributed by atoms with van der Waals surface area (Å²) < 4.78 is 0. The SMILES string of the molecule is CCCCCCCCC1(CCCCCCCC)c2cc3c(cc2-c2cc4c(cc21)-c1c(cc(-c2ccc(-c5ccc6c(c5)C(C)(C)c5cc(C#N)ccc5-6)cc2)c2ccccc12)C4(C)C)C(C)(C)c1cc(-c2ccc(-c4ccc5c(c4)C(C)(C)c4cc(C#N)ccc4-5)cc2)c2ccccc2c1-3. The molecule has 0 fully saturated rings. The van der Waals surface area contributed by atoms with Gasteiger partial charge in [0.2, 0.25) is 0 Å². The fourth-order valence-corrected chi connectivity index (χ4v) is 19.9. The Labute approximate surface area is 599 Å². The highest BCUT2D eigenvalue weighted by atomic mass is 14.5. The Hall–Kier alpha value is -9.86. The molecule has 0 radical (unpaired) electrons. The molecular weight excluding hydrogens is 1220 g/mol. The van der Waals surface area contributed by atoms with E-state index in [1.807, 2.05) is 12.1 Å². The first-order chi connectivity index (χ1) is 48.9. The van der Waals surface area contributed by atoms with Gasteiger partial charge in [0.05, 0.1) is 23.3 Å². The lowest BCUT2D eigenvalue weighted by Gasteiger charge is -2.34. The molecule has 2 nitrogen and oxygen atoms in total. The molecule has 0 heterocycles. The molecule has 0 amide bonds. The van der Waals surface area contributed by atoms with E-state index in [0.29, 0.717) is 11.1 Å². The van der Waals surface area contributed by atoms with Crippen molar-refractivity contribution in [1.82, 2.24) is 0 Å². The van der Waals surface area contributed by atoms with E-state index in [-0.39, 0.29) is 27.1 Å². The van der Waals surface area contributed by atoms with Crippen LogP contribution in [0, 0.1) is 22.7 Å². The minimum absolute atomic E-state index is 0.141. The van der Waals surface area contributed by atoms with E-state index in [1.54, 1.807) is 11.1 Å². The second-order valence-corrected chi connectivity index (χ2v) is 32.7. The lowest BCUT2D eigenvalue weighted by Crippen LogP contribution is -2.26. The van der Waals surface area contributed by atoms with Gasteiger partial charge in [-0.05, 0) is 263 Å². The van der Waals surface area contributed by atoms with Gasteiger partial charge in [0.25, 0.3) is 0 Å². The molecule has 0 aromatic heterocycles. The van der Waals surface area contributed by atoms with Crippen molar-refractivity contribution >= 4 is 21.5 Å². The van der Waals surface area contributed by atoms with E-state index in [2.05, 4.69) is 275 Å². The molecule has 17 rings (SSSR count). The van der Waals surface area contributed by atoms with Crippen LogP contribution in [-0.2, 0) is 27.1 Å². The highest BCUT2D eigenvalue weighted by Gasteiger charge is 2.49. The Balaban J connectivity index is 0.768. The third-order valence-corrected chi connectivity index (χ3v) is 25.5. The number of hydrogen-bond acceptors (Lipinski definition) is 2. The van der Waals surface area contributed by atoms with Crippen molar-refractivity contribution in [3.8, 4) is 112 Å². The van der Waals surface area contributed by atoms with Crippen molar-refractivity contribution in [3.05, 3.63) is 273 Å². The molecule has 0 bridgehead atoms. The summed E-state index contributed by atoms with van der Waals surface area (Å²) in [7, 11) is 0. The molecule has 0 aliphatic heterocycles. The van der Waals surface area contributed by atoms with Gasteiger partial charge < -0.3 is 0 Å². The van der Waals surface area contributed by atoms with Gasteiger partial charge in [0, 0.05) is 27.1 Å². The molecule has 0 spiro atoms. The van der Waals surface area contributed by atoms with Crippen LogP contribution in [0.5, 0.6) is 0 Å². The van der Waals surface area contributed by atoms with Crippen molar-refractivity contribution < 1.29 is 0 Å². The first-order valence-electron chi connectivity index (χ1n) is 38.0. The van der Waals surface area contributed by atoms with Crippen LogP contribution in [0.2, 0.25) is 0 Å². The van der Waals surface area contributed by atoms with Crippen LogP contribution in [0.15, 0.2) is 206 Å². The van der Waals surface area contributed by atoms with Crippen molar-refractivity contribution in [2.24, 2.45) is 0 Å². The molecule has 5 aliphatic rings. The largest absolute Gasteiger partial charge is 0.192 e. The Kier molecular flexibility index (Phi) is 15.4. The smallest absolute Gasteiger partial charge is 0.0991 e. The summed E-state index contributed by atoms with van der Waals surface area (Å²) >= 11 is 0. The quantitative estimate of drug-likeness (QED) is 0.0804. The number of nitriles is 2. The molecule has 12 aromatic rings. The van der Waals surface area contributed by atoms with Gasteiger partial charge in [0.1, 0.15) is 0 Å². The molecule has 12 aromatic carbocycles. The van der Waals surface area contributed by atoms with Gasteiger partial charge in [-0.1, -0.05) is 280 Å². The molecule has 0 unspecified atom stereocenters. The summed E-state index contributed by atoms with van der Waals surface area (Å²) in [5, 5.41) is 24.9. The monoisotopic (exact) mass is 1310 g/mol. The summed E-state index contributed by atoms with van der Waals surface area (Å²) in [4.78, 5) is 0. The molecule has 0 saturated heterocycles. The summed E-state index contributed by atoms with van der Waals surface area (Å²) in [6.07, 6.45) is 17.7. The lowest BCUT2D eigenvalue weighted by molar-refractivity contribution is 0.398. The third-order valence-electron chi connectivity index (χ3n) is 25.5. The maximum absolute atomic E-state index is 9.81. The number of unbranched alkanes of at least 4 members (excludes halogenated alkanes) is 10. The minimum atomic E-state index is -0.264. The van der Waals surface area contributed by atoms with Crippen LogP contribution in [-0.4, -0.2) is 0 Å². The summed E-state index contributed by atoms with van der Waals surface area (Å²) in [5.41, 5.74) is 37.8. The van der Waals surface area contributed by atoms with Crippen molar-refractivity contribution in [1.29, 1.82) is 10.5 Å². The van der Waals surface area contributed by atoms with Crippen LogP contribution in [0.25, 0.3) is 122 Å². The normalized spacial score (nSPS) is 15.6. The Bertz CT molecular complexity index is 5170. The van der Waals surface area contributed by atoms with Crippen LogP contribution < -0.4 is 0 Å². The number of rotatable bonds is 18. The predicted molar refractivity (Wildman–Crippen MR) is 425 cm³/mol.